The Kier molecular flexibility index (Phi) is 7.86. The molecule has 0 spiro atoms. The summed E-state index contributed by atoms with van der Waals surface area (Å²) >= 11 is 0. The summed E-state index contributed by atoms with van der Waals surface area (Å²) < 4.78 is 50.4. The average Bonchev–Trinajstić information content (AvgIpc) is 2.66. The van der Waals surface area contributed by atoms with E-state index in [9.17, 15) is 27.4 Å². The van der Waals surface area contributed by atoms with Gasteiger partial charge in [-0.3, -0.25) is 5.32 Å². The molecule has 0 aliphatic rings. The zero-order chi connectivity index (χ0) is 21.8. The standard InChI is InChI=1S/C18H22BF2NO6S/c1-29(27,28)14-6-3-11(4-7-14)18(24)16(10-20)22-17(23)8-12-2-5-13(19(25)26)9-15(12)21/h2-7,9,16-18,22-26H,8,10H2,1H3/t16?,17?,18-/m0/s1. The number of hydrogen-bond donors (Lipinski definition) is 5. The fraction of sp³-hybridized carbons (Fsp3) is 0.333. The molecule has 0 aromatic heterocycles. The third-order valence-electron chi connectivity index (χ3n) is 4.39. The van der Waals surface area contributed by atoms with Crippen LogP contribution in [0.15, 0.2) is 47.4 Å². The van der Waals surface area contributed by atoms with Crippen molar-refractivity contribution in [1.82, 2.24) is 5.32 Å². The minimum Gasteiger partial charge on any atom is -0.423 e. The van der Waals surface area contributed by atoms with Crippen LogP contribution in [0.3, 0.4) is 0 Å². The van der Waals surface area contributed by atoms with Crippen LogP contribution in [0.25, 0.3) is 0 Å². The second-order valence-corrected chi connectivity index (χ2v) is 8.67. The molecule has 2 unspecified atom stereocenters. The minimum absolute atomic E-state index is 0.0464. The molecular weight excluding hydrogens is 407 g/mol. The lowest BCUT2D eigenvalue weighted by molar-refractivity contribution is 0.0546. The molecule has 0 fully saturated rings. The van der Waals surface area contributed by atoms with Crippen molar-refractivity contribution in [2.24, 2.45) is 0 Å². The van der Waals surface area contributed by atoms with Crippen LogP contribution < -0.4 is 10.8 Å². The number of sulfone groups is 1. The number of alkyl halides is 1. The summed E-state index contributed by atoms with van der Waals surface area (Å²) in [4.78, 5) is 0.0464. The molecule has 7 nitrogen and oxygen atoms in total. The van der Waals surface area contributed by atoms with Gasteiger partial charge in [-0.15, -0.1) is 0 Å². The Bertz CT molecular complexity index is 926. The van der Waals surface area contributed by atoms with E-state index in [1.165, 1.54) is 36.4 Å². The highest BCUT2D eigenvalue weighted by atomic mass is 32.2. The first kappa shape index (κ1) is 23.4. The smallest absolute Gasteiger partial charge is 0.423 e. The van der Waals surface area contributed by atoms with Crippen LogP contribution in [-0.2, 0) is 16.3 Å². The number of halogens is 2. The van der Waals surface area contributed by atoms with Crippen molar-refractivity contribution in [3.63, 3.8) is 0 Å². The molecular formula is C18H22BF2NO6S. The van der Waals surface area contributed by atoms with Crippen molar-refractivity contribution in [3.8, 4) is 0 Å². The molecule has 3 atom stereocenters. The highest BCUT2D eigenvalue weighted by Gasteiger charge is 2.24. The Balaban J connectivity index is 2.06. The minimum atomic E-state index is -3.42. The topological polar surface area (TPSA) is 127 Å². The van der Waals surface area contributed by atoms with Gasteiger partial charge in [0.1, 0.15) is 18.7 Å². The molecule has 158 valence electrons. The number of aliphatic hydroxyl groups is 2. The van der Waals surface area contributed by atoms with Gasteiger partial charge in [0.15, 0.2) is 9.84 Å². The Labute approximate surface area is 167 Å². The molecule has 0 saturated heterocycles. The summed E-state index contributed by atoms with van der Waals surface area (Å²) in [5.41, 5.74) is 0.245. The molecule has 0 heterocycles. The molecule has 0 amide bonds. The van der Waals surface area contributed by atoms with Gasteiger partial charge >= 0.3 is 7.12 Å². The lowest BCUT2D eigenvalue weighted by Crippen LogP contribution is -2.44. The third kappa shape index (κ3) is 6.30. The fourth-order valence-electron chi connectivity index (χ4n) is 2.77. The first-order valence-corrected chi connectivity index (χ1v) is 10.5. The molecule has 2 aromatic carbocycles. The van der Waals surface area contributed by atoms with Crippen molar-refractivity contribution in [1.29, 1.82) is 0 Å². The largest absolute Gasteiger partial charge is 0.488 e. The number of aliphatic hydroxyl groups excluding tert-OH is 2. The Morgan fingerprint density at radius 1 is 1.10 bits per heavy atom. The van der Waals surface area contributed by atoms with Gasteiger partial charge in [0.2, 0.25) is 0 Å². The molecule has 2 rings (SSSR count). The Morgan fingerprint density at radius 3 is 2.21 bits per heavy atom. The van der Waals surface area contributed by atoms with E-state index in [4.69, 9.17) is 10.0 Å². The predicted octanol–water partition coefficient (Wildman–Crippen LogP) is -0.569. The second kappa shape index (κ2) is 9.74. The van der Waals surface area contributed by atoms with Crippen molar-refractivity contribution in [2.45, 2.75) is 29.7 Å². The Morgan fingerprint density at radius 2 is 1.72 bits per heavy atom. The van der Waals surface area contributed by atoms with E-state index in [0.29, 0.717) is 0 Å². The van der Waals surface area contributed by atoms with E-state index in [1.54, 1.807) is 0 Å². The summed E-state index contributed by atoms with van der Waals surface area (Å²) in [6.07, 6.45) is -2.02. The van der Waals surface area contributed by atoms with Gasteiger partial charge in [0.25, 0.3) is 0 Å². The van der Waals surface area contributed by atoms with Crippen LogP contribution in [0.1, 0.15) is 17.2 Å². The number of nitrogens with one attached hydrogen (secondary N) is 1. The summed E-state index contributed by atoms with van der Waals surface area (Å²) in [6, 6.07) is 7.49. The van der Waals surface area contributed by atoms with Gasteiger partial charge in [-0.2, -0.15) is 0 Å². The molecule has 0 radical (unpaired) electrons. The summed E-state index contributed by atoms with van der Waals surface area (Å²) in [6.45, 7) is -1.05. The molecule has 0 aliphatic carbocycles. The number of hydrogen-bond acceptors (Lipinski definition) is 7. The maximum atomic E-state index is 14.0. The van der Waals surface area contributed by atoms with Crippen LogP contribution in [0.4, 0.5) is 8.78 Å². The van der Waals surface area contributed by atoms with Gasteiger partial charge in [-0.25, -0.2) is 17.2 Å². The molecule has 0 bridgehead atoms. The van der Waals surface area contributed by atoms with E-state index < -0.39 is 47.8 Å². The molecule has 29 heavy (non-hydrogen) atoms. The quantitative estimate of drug-likeness (QED) is 0.267. The van der Waals surface area contributed by atoms with Crippen LogP contribution >= 0.6 is 0 Å². The van der Waals surface area contributed by atoms with Crippen molar-refractivity contribution < 1.29 is 37.5 Å². The van der Waals surface area contributed by atoms with Gasteiger partial charge in [0.05, 0.1) is 17.0 Å². The fourth-order valence-corrected chi connectivity index (χ4v) is 3.40. The highest BCUT2D eigenvalue weighted by Crippen LogP contribution is 2.20. The van der Waals surface area contributed by atoms with Gasteiger partial charge in [-0.1, -0.05) is 24.3 Å². The highest BCUT2D eigenvalue weighted by molar-refractivity contribution is 7.90. The van der Waals surface area contributed by atoms with Crippen molar-refractivity contribution in [2.75, 3.05) is 12.9 Å². The van der Waals surface area contributed by atoms with E-state index >= 15 is 0 Å². The normalized spacial score (nSPS) is 15.0. The summed E-state index contributed by atoms with van der Waals surface area (Å²) in [5, 5.41) is 41.0. The predicted molar refractivity (Wildman–Crippen MR) is 103 cm³/mol. The maximum Gasteiger partial charge on any atom is 0.488 e. The molecule has 0 aliphatic heterocycles. The maximum absolute atomic E-state index is 14.0. The van der Waals surface area contributed by atoms with Crippen molar-refractivity contribution in [3.05, 3.63) is 59.4 Å². The van der Waals surface area contributed by atoms with E-state index in [-0.39, 0.29) is 27.9 Å². The van der Waals surface area contributed by atoms with Gasteiger partial charge in [-0.05, 0) is 34.8 Å². The first-order valence-electron chi connectivity index (χ1n) is 8.65. The van der Waals surface area contributed by atoms with Gasteiger partial charge in [0, 0.05) is 12.7 Å². The molecule has 2 aromatic rings. The van der Waals surface area contributed by atoms with Crippen LogP contribution in [0.5, 0.6) is 0 Å². The van der Waals surface area contributed by atoms with E-state index in [2.05, 4.69) is 5.32 Å². The van der Waals surface area contributed by atoms with Crippen LogP contribution in [0.2, 0.25) is 0 Å². The van der Waals surface area contributed by atoms with E-state index in [1.807, 2.05) is 0 Å². The van der Waals surface area contributed by atoms with Crippen molar-refractivity contribution >= 4 is 22.4 Å². The number of benzene rings is 2. The number of rotatable bonds is 9. The lowest BCUT2D eigenvalue weighted by Gasteiger charge is -2.25. The molecule has 0 saturated carbocycles. The van der Waals surface area contributed by atoms with Gasteiger partial charge < -0.3 is 20.3 Å². The summed E-state index contributed by atoms with van der Waals surface area (Å²) in [7, 11) is -5.25. The second-order valence-electron chi connectivity index (χ2n) is 6.66. The van der Waals surface area contributed by atoms with Crippen LogP contribution in [0, 0.1) is 5.82 Å². The Hall–Kier alpha value is -1.89. The SMILES string of the molecule is CS(=O)(=O)c1ccc([C@H](O)C(CF)NC(O)Cc2ccc(B(O)O)cc2F)cc1. The zero-order valence-electron chi connectivity index (χ0n) is 15.5. The van der Waals surface area contributed by atoms with E-state index in [0.717, 1.165) is 12.3 Å². The first-order chi connectivity index (χ1) is 13.5. The van der Waals surface area contributed by atoms with Crippen LogP contribution in [-0.4, -0.2) is 61.0 Å². The molecule has 5 N–H and O–H groups in total. The lowest BCUT2D eigenvalue weighted by atomic mass is 9.80. The molecule has 11 heteroatoms. The zero-order valence-corrected chi connectivity index (χ0v) is 16.4. The summed E-state index contributed by atoms with van der Waals surface area (Å²) in [5.74, 6) is -0.773. The average molecular weight is 429 g/mol. The monoisotopic (exact) mass is 429 g/mol. The third-order valence-corrected chi connectivity index (χ3v) is 5.52.